The van der Waals surface area contributed by atoms with Crippen LogP contribution in [0.4, 0.5) is 4.39 Å². The average molecular weight is 246 g/mol. The molecule has 2 nitrogen and oxygen atoms in total. The van der Waals surface area contributed by atoms with E-state index < -0.39 is 0 Å². The number of halogens is 1. The first kappa shape index (κ1) is 11.7. The van der Waals surface area contributed by atoms with Crippen molar-refractivity contribution in [3.05, 3.63) is 35.3 Å². The summed E-state index contributed by atoms with van der Waals surface area (Å²) in [5.74, 6) is -0.150. The Morgan fingerprint density at radius 1 is 1.44 bits per heavy atom. The summed E-state index contributed by atoms with van der Waals surface area (Å²) in [7, 11) is 2.18. The smallest absolute Gasteiger partial charge is 0.123 e. The third-order valence-corrected chi connectivity index (χ3v) is 4.19. The minimum Gasteiger partial charge on any atom is -0.358 e. The molecular formula is C15H19FN2. The van der Waals surface area contributed by atoms with E-state index in [0.717, 1.165) is 17.3 Å². The number of fused-ring (bicyclic) bond motifs is 1. The van der Waals surface area contributed by atoms with Crippen LogP contribution >= 0.6 is 0 Å². The highest BCUT2D eigenvalue weighted by atomic mass is 19.1. The largest absolute Gasteiger partial charge is 0.358 e. The monoisotopic (exact) mass is 246 g/mol. The first-order valence-electron chi connectivity index (χ1n) is 6.62. The molecule has 18 heavy (non-hydrogen) atoms. The van der Waals surface area contributed by atoms with E-state index in [9.17, 15) is 4.39 Å². The summed E-state index contributed by atoms with van der Waals surface area (Å²) in [6, 6.07) is 5.61. The third kappa shape index (κ3) is 1.93. The number of rotatable bonds is 2. The topological polar surface area (TPSA) is 19.0 Å². The van der Waals surface area contributed by atoms with Gasteiger partial charge >= 0.3 is 0 Å². The molecule has 2 heterocycles. The van der Waals surface area contributed by atoms with Gasteiger partial charge in [0.2, 0.25) is 0 Å². The number of nitrogens with one attached hydrogen (secondary N) is 1. The highest BCUT2D eigenvalue weighted by Crippen LogP contribution is 2.27. The maximum absolute atomic E-state index is 13.4. The number of benzene rings is 1. The lowest BCUT2D eigenvalue weighted by molar-refractivity contribution is 0.309. The summed E-state index contributed by atoms with van der Waals surface area (Å²) >= 11 is 0. The van der Waals surface area contributed by atoms with E-state index in [1.54, 1.807) is 6.07 Å². The fraction of sp³-hybridized carbons (Fsp3) is 0.467. The molecule has 0 bridgehead atoms. The highest BCUT2D eigenvalue weighted by molar-refractivity contribution is 5.84. The Hall–Kier alpha value is -1.35. The van der Waals surface area contributed by atoms with Gasteiger partial charge in [-0.2, -0.15) is 0 Å². The summed E-state index contributed by atoms with van der Waals surface area (Å²) < 4.78 is 13.4. The van der Waals surface area contributed by atoms with Crippen LogP contribution < -0.4 is 0 Å². The fourth-order valence-electron chi connectivity index (χ4n) is 3.09. The lowest BCUT2D eigenvalue weighted by atomic mass is 10.0. The minimum atomic E-state index is -0.150. The number of H-pyrrole nitrogens is 1. The average Bonchev–Trinajstić information content (AvgIpc) is 2.86. The minimum absolute atomic E-state index is 0.150. The van der Waals surface area contributed by atoms with Crippen LogP contribution in [-0.2, 0) is 6.42 Å². The Morgan fingerprint density at radius 3 is 3.00 bits per heavy atom. The summed E-state index contributed by atoms with van der Waals surface area (Å²) in [6.07, 6.45) is 3.54. The van der Waals surface area contributed by atoms with Crippen molar-refractivity contribution in [2.45, 2.75) is 32.2 Å². The molecule has 2 aromatic rings. The van der Waals surface area contributed by atoms with E-state index in [2.05, 4.69) is 23.9 Å². The van der Waals surface area contributed by atoms with Gasteiger partial charge in [-0.25, -0.2) is 4.39 Å². The predicted octanol–water partition coefficient (Wildman–Crippen LogP) is 3.25. The molecule has 1 atom stereocenters. The number of likely N-dealkylation sites (N-methyl/N-ethyl adjacent to an activating group) is 1. The fourth-order valence-corrected chi connectivity index (χ4v) is 3.09. The zero-order valence-electron chi connectivity index (χ0n) is 11.0. The lowest BCUT2D eigenvalue weighted by Gasteiger charge is -2.19. The number of nitrogens with zero attached hydrogens (tertiary/aromatic N) is 1. The summed E-state index contributed by atoms with van der Waals surface area (Å²) in [4.78, 5) is 5.77. The van der Waals surface area contributed by atoms with Gasteiger partial charge in [-0.05, 0) is 63.5 Å². The number of hydrogen-bond donors (Lipinski definition) is 1. The first-order chi connectivity index (χ1) is 8.65. The third-order valence-electron chi connectivity index (χ3n) is 4.19. The van der Waals surface area contributed by atoms with Crippen LogP contribution in [0.3, 0.4) is 0 Å². The summed E-state index contributed by atoms with van der Waals surface area (Å²) in [6.45, 7) is 3.27. The van der Waals surface area contributed by atoms with Crippen molar-refractivity contribution < 1.29 is 4.39 Å². The highest BCUT2D eigenvalue weighted by Gasteiger charge is 2.23. The first-order valence-corrected chi connectivity index (χ1v) is 6.62. The lowest BCUT2D eigenvalue weighted by Crippen LogP contribution is -2.26. The van der Waals surface area contributed by atoms with Crippen molar-refractivity contribution in [3.8, 4) is 0 Å². The number of hydrogen-bond acceptors (Lipinski definition) is 1. The second-order valence-electron chi connectivity index (χ2n) is 5.40. The molecule has 1 aromatic heterocycles. The number of likely N-dealkylation sites (tertiary alicyclic amines) is 1. The number of aromatic amines is 1. The Balaban J connectivity index is 1.99. The normalized spacial score (nSPS) is 20.9. The molecule has 1 N–H and O–H groups in total. The van der Waals surface area contributed by atoms with Crippen LogP contribution in [0.25, 0.3) is 10.9 Å². The van der Waals surface area contributed by atoms with E-state index >= 15 is 0 Å². The van der Waals surface area contributed by atoms with E-state index in [1.807, 2.05) is 6.07 Å². The molecule has 1 aliphatic heterocycles. The molecule has 3 rings (SSSR count). The molecule has 0 saturated carbocycles. The Bertz CT molecular complexity index is 573. The van der Waals surface area contributed by atoms with E-state index in [4.69, 9.17) is 0 Å². The van der Waals surface area contributed by atoms with Gasteiger partial charge in [0.1, 0.15) is 5.82 Å². The van der Waals surface area contributed by atoms with Crippen LogP contribution in [0, 0.1) is 12.7 Å². The zero-order valence-corrected chi connectivity index (χ0v) is 11.0. The predicted molar refractivity (Wildman–Crippen MR) is 72.3 cm³/mol. The van der Waals surface area contributed by atoms with Gasteiger partial charge in [0.15, 0.2) is 0 Å². The number of aryl methyl sites for hydroxylation is 1. The Labute approximate surface area is 107 Å². The maximum Gasteiger partial charge on any atom is 0.123 e. The molecule has 0 amide bonds. The van der Waals surface area contributed by atoms with Crippen LogP contribution in [0.1, 0.15) is 24.1 Å². The van der Waals surface area contributed by atoms with Gasteiger partial charge in [-0.3, -0.25) is 0 Å². The standard InChI is InChI=1S/C15H19FN2/c1-10-13(9-12-4-3-7-18(12)2)14-8-11(16)5-6-15(14)17-10/h5-6,8,12,17H,3-4,7,9H2,1-2H3/t12-/m1/s1. The van der Waals surface area contributed by atoms with Crippen LogP contribution in [0.5, 0.6) is 0 Å². The van der Waals surface area contributed by atoms with Crippen molar-refractivity contribution >= 4 is 10.9 Å². The molecule has 0 unspecified atom stereocenters. The second-order valence-corrected chi connectivity index (χ2v) is 5.40. The molecule has 0 aliphatic carbocycles. The van der Waals surface area contributed by atoms with Gasteiger partial charge in [-0.15, -0.1) is 0 Å². The molecule has 3 heteroatoms. The quantitative estimate of drug-likeness (QED) is 0.861. The molecule has 1 aliphatic rings. The van der Waals surface area contributed by atoms with Crippen molar-refractivity contribution in [1.82, 2.24) is 9.88 Å². The van der Waals surface area contributed by atoms with E-state index in [-0.39, 0.29) is 5.82 Å². The Kier molecular flexibility index (Phi) is 2.86. The molecule has 1 fully saturated rings. The SMILES string of the molecule is Cc1[nH]c2ccc(F)cc2c1C[C@H]1CCCN1C. The maximum atomic E-state index is 13.4. The van der Waals surface area contributed by atoms with Gasteiger partial charge < -0.3 is 9.88 Å². The molecule has 0 spiro atoms. The van der Waals surface area contributed by atoms with Gasteiger partial charge in [0.25, 0.3) is 0 Å². The van der Waals surface area contributed by atoms with Crippen molar-refractivity contribution in [1.29, 1.82) is 0 Å². The molecule has 96 valence electrons. The van der Waals surface area contributed by atoms with Crippen molar-refractivity contribution in [3.63, 3.8) is 0 Å². The molecule has 1 aromatic carbocycles. The molecule has 1 saturated heterocycles. The second kappa shape index (κ2) is 4.39. The Morgan fingerprint density at radius 2 is 2.28 bits per heavy atom. The van der Waals surface area contributed by atoms with Crippen LogP contribution in [0.15, 0.2) is 18.2 Å². The van der Waals surface area contributed by atoms with Gasteiger partial charge in [-0.1, -0.05) is 0 Å². The summed E-state index contributed by atoms with van der Waals surface area (Å²) in [5, 5.41) is 1.05. The number of aromatic nitrogens is 1. The molecule has 0 radical (unpaired) electrons. The van der Waals surface area contributed by atoms with Gasteiger partial charge in [0, 0.05) is 22.6 Å². The molecular weight excluding hydrogens is 227 g/mol. The van der Waals surface area contributed by atoms with E-state index in [1.165, 1.54) is 36.7 Å². The van der Waals surface area contributed by atoms with Crippen molar-refractivity contribution in [2.75, 3.05) is 13.6 Å². The summed E-state index contributed by atoms with van der Waals surface area (Å²) in [5.41, 5.74) is 3.50. The van der Waals surface area contributed by atoms with Gasteiger partial charge in [0.05, 0.1) is 0 Å². The van der Waals surface area contributed by atoms with Crippen molar-refractivity contribution in [2.24, 2.45) is 0 Å². The van der Waals surface area contributed by atoms with E-state index in [0.29, 0.717) is 6.04 Å². The van der Waals surface area contributed by atoms with Crippen LogP contribution in [-0.4, -0.2) is 29.5 Å². The zero-order chi connectivity index (χ0) is 12.7. The van der Waals surface area contributed by atoms with Crippen LogP contribution in [0.2, 0.25) is 0 Å².